The Balaban J connectivity index is 1.79. The van der Waals surface area contributed by atoms with Gasteiger partial charge in [0.2, 0.25) is 0 Å². The van der Waals surface area contributed by atoms with Crippen LogP contribution >= 0.6 is 34.9 Å². The average molecular weight is 310 g/mol. The number of carbonyl (C=O) groups is 1. The predicted octanol–water partition coefficient (Wildman–Crippen LogP) is 3.24. The summed E-state index contributed by atoms with van der Waals surface area (Å²) in [6, 6.07) is 4.46. The summed E-state index contributed by atoms with van der Waals surface area (Å²) in [5.74, 6) is 0.132. The monoisotopic (exact) mass is 310 g/mol. The standard InChI is InChI=1S/C13H14N2OS3/c14-12(17)3-5-15(8-1-2-8)13(16)11-7-10-9(19-11)4-6-18-10/h4,6-8H,1-3,5H2,(H2,14,17). The first-order valence-corrected chi connectivity index (χ1v) is 8.32. The largest absolute Gasteiger partial charge is 0.393 e. The molecule has 1 aliphatic carbocycles. The lowest BCUT2D eigenvalue weighted by atomic mass is 10.3. The van der Waals surface area contributed by atoms with Gasteiger partial charge in [-0.1, -0.05) is 12.2 Å². The summed E-state index contributed by atoms with van der Waals surface area (Å²) < 4.78 is 2.39. The van der Waals surface area contributed by atoms with E-state index in [1.807, 2.05) is 11.0 Å². The molecule has 1 aliphatic rings. The van der Waals surface area contributed by atoms with Gasteiger partial charge in [-0.2, -0.15) is 0 Å². The second-order valence-corrected chi connectivity index (χ2v) is 7.26. The zero-order valence-corrected chi connectivity index (χ0v) is 12.7. The van der Waals surface area contributed by atoms with Crippen molar-refractivity contribution in [2.24, 2.45) is 5.73 Å². The minimum absolute atomic E-state index is 0.132. The molecule has 2 aromatic rings. The van der Waals surface area contributed by atoms with Gasteiger partial charge < -0.3 is 10.6 Å². The van der Waals surface area contributed by atoms with Crippen molar-refractivity contribution in [1.82, 2.24) is 4.90 Å². The van der Waals surface area contributed by atoms with E-state index >= 15 is 0 Å². The van der Waals surface area contributed by atoms with Gasteiger partial charge in [0, 0.05) is 28.4 Å². The SMILES string of the molecule is NC(=S)CCN(C(=O)c1cc2sccc2s1)C1CC1. The summed E-state index contributed by atoms with van der Waals surface area (Å²) >= 11 is 8.16. The van der Waals surface area contributed by atoms with Crippen LogP contribution in [-0.2, 0) is 0 Å². The maximum atomic E-state index is 12.6. The van der Waals surface area contributed by atoms with Crippen LogP contribution in [0.25, 0.3) is 9.40 Å². The molecule has 0 bridgehead atoms. The molecule has 2 heterocycles. The van der Waals surface area contributed by atoms with Crippen LogP contribution in [-0.4, -0.2) is 28.4 Å². The van der Waals surface area contributed by atoms with Crippen LogP contribution in [0.2, 0.25) is 0 Å². The van der Waals surface area contributed by atoms with Crippen LogP contribution in [0.5, 0.6) is 0 Å². The second kappa shape index (κ2) is 5.19. The average Bonchev–Trinajstić information content (AvgIpc) is 2.96. The first-order valence-electron chi connectivity index (χ1n) is 6.21. The van der Waals surface area contributed by atoms with Crippen molar-refractivity contribution in [3.63, 3.8) is 0 Å². The lowest BCUT2D eigenvalue weighted by Crippen LogP contribution is -2.35. The molecule has 2 aromatic heterocycles. The van der Waals surface area contributed by atoms with Gasteiger partial charge in [0.1, 0.15) is 0 Å². The highest BCUT2D eigenvalue weighted by atomic mass is 32.1. The highest BCUT2D eigenvalue weighted by Gasteiger charge is 2.33. The summed E-state index contributed by atoms with van der Waals surface area (Å²) in [7, 11) is 0. The Labute approximate surface area is 125 Å². The van der Waals surface area contributed by atoms with Crippen molar-refractivity contribution in [3.8, 4) is 0 Å². The van der Waals surface area contributed by atoms with Crippen molar-refractivity contribution in [2.75, 3.05) is 6.54 Å². The van der Waals surface area contributed by atoms with E-state index < -0.39 is 0 Å². The van der Waals surface area contributed by atoms with Gasteiger partial charge in [0.15, 0.2) is 0 Å². The normalized spacial score (nSPS) is 14.7. The molecule has 0 atom stereocenters. The minimum atomic E-state index is 0.132. The predicted molar refractivity (Wildman–Crippen MR) is 85.2 cm³/mol. The number of nitrogens with zero attached hydrogens (tertiary/aromatic N) is 1. The van der Waals surface area contributed by atoms with Gasteiger partial charge in [0.25, 0.3) is 5.91 Å². The maximum absolute atomic E-state index is 12.6. The molecule has 100 valence electrons. The molecule has 0 aromatic carbocycles. The third-order valence-corrected chi connectivity index (χ3v) is 5.48. The Morgan fingerprint density at radius 3 is 2.89 bits per heavy atom. The van der Waals surface area contributed by atoms with E-state index in [4.69, 9.17) is 18.0 Å². The number of thiophene rings is 2. The number of amides is 1. The Morgan fingerprint density at radius 1 is 1.47 bits per heavy atom. The van der Waals surface area contributed by atoms with Crippen LogP contribution in [0, 0.1) is 0 Å². The number of rotatable bonds is 5. The third-order valence-electron chi connectivity index (χ3n) is 3.20. The molecule has 0 spiro atoms. The van der Waals surface area contributed by atoms with E-state index in [9.17, 15) is 4.79 Å². The highest BCUT2D eigenvalue weighted by Crippen LogP contribution is 2.33. The molecule has 3 nitrogen and oxygen atoms in total. The van der Waals surface area contributed by atoms with Gasteiger partial charge >= 0.3 is 0 Å². The molecule has 0 unspecified atom stereocenters. The van der Waals surface area contributed by atoms with E-state index in [0.29, 0.717) is 24.0 Å². The summed E-state index contributed by atoms with van der Waals surface area (Å²) in [6.07, 6.45) is 2.81. The van der Waals surface area contributed by atoms with Gasteiger partial charge in [-0.05, 0) is 30.4 Å². The quantitative estimate of drug-likeness (QED) is 0.862. The number of hydrogen-bond acceptors (Lipinski definition) is 4. The van der Waals surface area contributed by atoms with Crippen LogP contribution in [0.4, 0.5) is 0 Å². The van der Waals surface area contributed by atoms with Crippen LogP contribution in [0.1, 0.15) is 28.9 Å². The third kappa shape index (κ3) is 2.80. The number of hydrogen-bond donors (Lipinski definition) is 1. The van der Waals surface area contributed by atoms with Gasteiger partial charge in [-0.15, -0.1) is 22.7 Å². The molecule has 3 rings (SSSR count). The first-order chi connectivity index (χ1) is 9.15. The zero-order chi connectivity index (χ0) is 13.4. The molecular weight excluding hydrogens is 296 g/mol. The fourth-order valence-corrected chi connectivity index (χ4v) is 4.24. The van der Waals surface area contributed by atoms with E-state index in [-0.39, 0.29) is 5.91 Å². The summed E-state index contributed by atoms with van der Waals surface area (Å²) in [4.78, 5) is 15.8. The number of thiocarbonyl (C=S) groups is 1. The number of carbonyl (C=O) groups excluding carboxylic acids is 1. The van der Waals surface area contributed by atoms with E-state index in [1.165, 1.54) is 9.40 Å². The topological polar surface area (TPSA) is 46.3 Å². The second-order valence-electron chi connectivity index (χ2n) is 4.71. The highest BCUT2D eigenvalue weighted by molar-refractivity contribution is 7.80. The lowest BCUT2D eigenvalue weighted by Gasteiger charge is -2.21. The Morgan fingerprint density at radius 2 is 2.26 bits per heavy atom. The molecule has 19 heavy (non-hydrogen) atoms. The molecular formula is C13H14N2OS3. The van der Waals surface area contributed by atoms with Gasteiger partial charge in [-0.3, -0.25) is 4.79 Å². The summed E-state index contributed by atoms with van der Waals surface area (Å²) in [6.45, 7) is 0.643. The van der Waals surface area contributed by atoms with Crippen molar-refractivity contribution in [3.05, 3.63) is 22.4 Å². The molecule has 2 N–H and O–H groups in total. The number of fused-ring (bicyclic) bond motifs is 1. The number of nitrogens with two attached hydrogens (primary N) is 1. The van der Waals surface area contributed by atoms with E-state index in [0.717, 1.165) is 17.7 Å². The summed E-state index contributed by atoms with van der Waals surface area (Å²) in [5, 5.41) is 2.06. The van der Waals surface area contributed by atoms with Crippen LogP contribution < -0.4 is 5.73 Å². The minimum Gasteiger partial charge on any atom is -0.393 e. The van der Waals surface area contributed by atoms with Gasteiger partial charge in [-0.25, -0.2) is 0 Å². The Hall–Kier alpha value is -0.980. The molecule has 6 heteroatoms. The smallest absolute Gasteiger partial charge is 0.264 e. The molecule has 0 radical (unpaired) electrons. The molecule has 1 saturated carbocycles. The fraction of sp³-hybridized carbons (Fsp3) is 0.385. The van der Waals surface area contributed by atoms with Crippen LogP contribution in [0.3, 0.4) is 0 Å². The first kappa shape index (κ1) is 13.0. The summed E-state index contributed by atoms with van der Waals surface area (Å²) in [5.41, 5.74) is 5.54. The Bertz CT molecular complexity index is 598. The fourth-order valence-electron chi connectivity index (χ4n) is 2.08. The Kier molecular flexibility index (Phi) is 3.56. The molecule has 1 amide bonds. The molecule has 0 aliphatic heterocycles. The van der Waals surface area contributed by atoms with Crippen molar-refractivity contribution < 1.29 is 4.79 Å². The van der Waals surface area contributed by atoms with Crippen molar-refractivity contribution >= 4 is 55.2 Å². The lowest BCUT2D eigenvalue weighted by molar-refractivity contribution is 0.0753. The maximum Gasteiger partial charge on any atom is 0.264 e. The van der Waals surface area contributed by atoms with Gasteiger partial charge in [0.05, 0.1) is 9.87 Å². The molecule has 1 fully saturated rings. The molecule has 0 saturated heterocycles. The van der Waals surface area contributed by atoms with E-state index in [1.54, 1.807) is 22.7 Å². The van der Waals surface area contributed by atoms with Crippen molar-refractivity contribution in [2.45, 2.75) is 25.3 Å². The zero-order valence-electron chi connectivity index (χ0n) is 10.3. The van der Waals surface area contributed by atoms with E-state index in [2.05, 4.69) is 11.4 Å². The van der Waals surface area contributed by atoms with Crippen molar-refractivity contribution in [1.29, 1.82) is 0 Å². The van der Waals surface area contributed by atoms with Crippen LogP contribution in [0.15, 0.2) is 17.5 Å².